The molecule has 0 spiro atoms. The number of hydrogen-bond donors (Lipinski definition) is 0. The molecule has 2 heterocycles. The Hall–Kier alpha value is -2.15. The number of nitrogens with zero attached hydrogens (tertiary/aromatic N) is 2. The summed E-state index contributed by atoms with van der Waals surface area (Å²) in [5, 5.41) is 1.91. The van der Waals surface area contributed by atoms with E-state index < -0.39 is 0 Å². The molecule has 1 amide bonds. The zero-order valence-electron chi connectivity index (χ0n) is 12.7. The van der Waals surface area contributed by atoms with E-state index in [1.165, 1.54) is 24.8 Å². The molecule has 0 fully saturated rings. The van der Waals surface area contributed by atoms with Crippen LogP contribution in [-0.4, -0.2) is 41.5 Å². The predicted octanol–water partition coefficient (Wildman–Crippen LogP) is 2.82. The van der Waals surface area contributed by atoms with Crippen LogP contribution in [0.2, 0.25) is 0 Å². The number of esters is 1. The van der Waals surface area contributed by atoms with Gasteiger partial charge in [-0.3, -0.25) is 9.59 Å². The second-order valence-electron chi connectivity index (χ2n) is 4.93. The van der Waals surface area contributed by atoms with Gasteiger partial charge < -0.3 is 14.1 Å². The third-order valence-electron chi connectivity index (χ3n) is 3.18. The molecule has 6 nitrogen and oxygen atoms in total. The zero-order valence-corrected chi connectivity index (χ0v) is 13.6. The average Bonchev–Trinajstić information content (AvgIpc) is 3.16. The van der Waals surface area contributed by atoms with Crippen LogP contribution in [0, 0.1) is 0 Å². The third kappa shape index (κ3) is 3.54. The molecule has 2 rings (SSSR count). The van der Waals surface area contributed by atoms with Gasteiger partial charge in [-0.2, -0.15) is 0 Å². The molecule has 7 heteroatoms. The summed E-state index contributed by atoms with van der Waals surface area (Å²) < 4.78 is 9.99. The van der Waals surface area contributed by atoms with Crippen LogP contribution in [-0.2, 0) is 9.53 Å². The molecule has 0 aromatic carbocycles. The smallest absolute Gasteiger partial charge is 0.307 e. The molecule has 0 saturated heterocycles. The van der Waals surface area contributed by atoms with Crippen molar-refractivity contribution in [2.24, 2.45) is 0 Å². The van der Waals surface area contributed by atoms with Crippen LogP contribution >= 0.6 is 11.3 Å². The van der Waals surface area contributed by atoms with Gasteiger partial charge in [-0.25, -0.2) is 4.98 Å². The lowest BCUT2D eigenvalue weighted by Gasteiger charge is -2.25. The molecule has 0 aliphatic rings. The molecule has 22 heavy (non-hydrogen) atoms. The van der Waals surface area contributed by atoms with Crippen molar-refractivity contribution < 1.29 is 18.7 Å². The number of carbonyl (C=O) groups is 2. The van der Waals surface area contributed by atoms with Crippen LogP contribution in [0.25, 0.3) is 10.6 Å². The minimum absolute atomic E-state index is 0.0648. The van der Waals surface area contributed by atoms with E-state index in [1.54, 1.807) is 4.90 Å². The number of carbonyl (C=O) groups excluding carboxylic acids is 2. The average molecular weight is 322 g/mol. The lowest BCUT2D eigenvalue weighted by molar-refractivity contribution is -0.140. The lowest BCUT2D eigenvalue weighted by Crippen LogP contribution is -2.39. The fourth-order valence-corrected chi connectivity index (χ4v) is 2.74. The number of hydrogen-bond acceptors (Lipinski definition) is 6. The molecule has 0 unspecified atom stereocenters. The maximum absolute atomic E-state index is 12.7. The van der Waals surface area contributed by atoms with Crippen molar-refractivity contribution in [1.82, 2.24) is 9.88 Å². The zero-order chi connectivity index (χ0) is 16.1. The summed E-state index contributed by atoms with van der Waals surface area (Å²) in [6, 6.07) is 3.69. The topological polar surface area (TPSA) is 72.6 Å². The van der Waals surface area contributed by atoms with Crippen molar-refractivity contribution in [3.8, 4) is 10.6 Å². The maximum atomic E-state index is 12.7. The predicted molar refractivity (Wildman–Crippen MR) is 82.6 cm³/mol. The number of methoxy groups -OCH3 is 1. The molecule has 0 aliphatic carbocycles. The summed E-state index contributed by atoms with van der Waals surface area (Å²) in [7, 11) is 1.33. The Morgan fingerprint density at radius 1 is 1.45 bits per heavy atom. The highest BCUT2D eigenvalue weighted by Gasteiger charge is 2.26. The largest absolute Gasteiger partial charge is 0.469 e. The van der Waals surface area contributed by atoms with Gasteiger partial charge in [0.1, 0.15) is 0 Å². The van der Waals surface area contributed by atoms with Gasteiger partial charge in [0, 0.05) is 12.6 Å². The number of oxazole rings is 1. The summed E-state index contributed by atoms with van der Waals surface area (Å²) in [5.41, 5.74) is 0.265. The molecule has 2 aromatic heterocycles. The SMILES string of the molecule is COC(=O)CCN(C(=O)c1ncoc1-c1cccs1)C(C)C. The van der Waals surface area contributed by atoms with E-state index >= 15 is 0 Å². The van der Waals surface area contributed by atoms with Gasteiger partial charge in [-0.15, -0.1) is 11.3 Å². The number of aromatic nitrogens is 1. The summed E-state index contributed by atoms with van der Waals surface area (Å²) >= 11 is 1.48. The Bertz CT molecular complexity index is 634. The molecule has 118 valence electrons. The van der Waals surface area contributed by atoms with E-state index in [4.69, 9.17) is 4.42 Å². The minimum atomic E-state index is -0.350. The molecule has 0 radical (unpaired) electrons. The molecule has 2 aromatic rings. The Balaban J connectivity index is 2.21. The Morgan fingerprint density at radius 2 is 2.23 bits per heavy atom. The van der Waals surface area contributed by atoms with Gasteiger partial charge in [0.05, 0.1) is 18.4 Å². The standard InChI is InChI=1S/C15H18N2O4S/c1-10(2)17(7-6-12(18)20-3)15(19)13-14(21-9-16-13)11-5-4-8-22-11/h4-5,8-10H,6-7H2,1-3H3. The van der Waals surface area contributed by atoms with Crippen molar-refractivity contribution in [2.45, 2.75) is 26.3 Å². The van der Waals surface area contributed by atoms with Gasteiger partial charge in [0.15, 0.2) is 17.8 Å². The highest BCUT2D eigenvalue weighted by molar-refractivity contribution is 7.13. The highest BCUT2D eigenvalue weighted by Crippen LogP contribution is 2.28. The molecule has 0 saturated carbocycles. The number of amides is 1. The summed E-state index contributed by atoms with van der Waals surface area (Å²) in [6.45, 7) is 4.06. The second-order valence-corrected chi connectivity index (χ2v) is 5.87. The highest BCUT2D eigenvalue weighted by atomic mass is 32.1. The number of ether oxygens (including phenoxy) is 1. The van der Waals surface area contributed by atoms with Crippen molar-refractivity contribution in [3.63, 3.8) is 0 Å². The Labute approximate surface area is 132 Å². The summed E-state index contributed by atoms with van der Waals surface area (Å²) in [5.74, 6) is -0.142. The van der Waals surface area contributed by atoms with Crippen LogP contribution in [0.3, 0.4) is 0 Å². The van der Waals surface area contributed by atoms with E-state index in [2.05, 4.69) is 9.72 Å². The van der Waals surface area contributed by atoms with E-state index in [-0.39, 0.29) is 36.6 Å². The first-order valence-electron chi connectivity index (χ1n) is 6.89. The van der Waals surface area contributed by atoms with Crippen LogP contribution in [0.4, 0.5) is 0 Å². The van der Waals surface area contributed by atoms with Crippen LogP contribution < -0.4 is 0 Å². The fraction of sp³-hybridized carbons (Fsp3) is 0.400. The van der Waals surface area contributed by atoms with Crippen LogP contribution in [0.15, 0.2) is 28.3 Å². The van der Waals surface area contributed by atoms with E-state index in [9.17, 15) is 9.59 Å². The molecular formula is C15H18N2O4S. The minimum Gasteiger partial charge on any atom is -0.469 e. The Morgan fingerprint density at radius 3 is 2.82 bits per heavy atom. The van der Waals surface area contributed by atoms with Crippen molar-refractivity contribution in [1.29, 1.82) is 0 Å². The van der Waals surface area contributed by atoms with Crippen molar-refractivity contribution in [3.05, 3.63) is 29.6 Å². The maximum Gasteiger partial charge on any atom is 0.307 e. The monoisotopic (exact) mass is 322 g/mol. The number of thiophene rings is 1. The van der Waals surface area contributed by atoms with E-state index in [0.29, 0.717) is 5.76 Å². The van der Waals surface area contributed by atoms with Gasteiger partial charge >= 0.3 is 5.97 Å². The third-order valence-corrected chi connectivity index (χ3v) is 4.05. The molecule has 0 bridgehead atoms. The first-order valence-corrected chi connectivity index (χ1v) is 7.77. The first kappa shape index (κ1) is 16.2. The van der Waals surface area contributed by atoms with Crippen molar-refractivity contribution >= 4 is 23.2 Å². The lowest BCUT2D eigenvalue weighted by atomic mass is 10.2. The number of rotatable bonds is 6. The molecular weight excluding hydrogens is 304 g/mol. The summed E-state index contributed by atoms with van der Waals surface area (Å²) in [4.78, 5) is 30.5. The quantitative estimate of drug-likeness (QED) is 0.765. The van der Waals surface area contributed by atoms with Gasteiger partial charge in [0.25, 0.3) is 5.91 Å². The van der Waals surface area contributed by atoms with Crippen molar-refractivity contribution in [2.75, 3.05) is 13.7 Å². The second kappa shape index (κ2) is 7.22. The van der Waals surface area contributed by atoms with Gasteiger partial charge in [-0.05, 0) is 25.3 Å². The first-order chi connectivity index (χ1) is 10.5. The molecule has 0 N–H and O–H groups in total. The summed E-state index contributed by atoms with van der Waals surface area (Å²) in [6.07, 6.45) is 1.41. The normalized spacial score (nSPS) is 10.7. The van der Waals surface area contributed by atoms with Gasteiger partial charge in [0.2, 0.25) is 0 Å². The van der Waals surface area contributed by atoms with Gasteiger partial charge in [-0.1, -0.05) is 6.07 Å². The van der Waals surface area contributed by atoms with E-state index in [0.717, 1.165) is 4.88 Å². The fourth-order valence-electron chi connectivity index (χ4n) is 2.03. The van der Waals surface area contributed by atoms with Crippen LogP contribution in [0.5, 0.6) is 0 Å². The van der Waals surface area contributed by atoms with E-state index in [1.807, 2.05) is 31.4 Å². The van der Waals surface area contributed by atoms with Crippen LogP contribution in [0.1, 0.15) is 30.8 Å². The molecule has 0 aliphatic heterocycles. The molecule has 0 atom stereocenters. The Kier molecular flexibility index (Phi) is 5.32.